The van der Waals surface area contributed by atoms with Gasteiger partial charge < -0.3 is 24.1 Å². The third kappa shape index (κ3) is 4.71. The summed E-state index contributed by atoms with van der Waals surface area (Å²) in [5.74, 6) is 1.49. The smallest absolute Gasteiger partial charge is 0.273 e. The van der Waals surface area contributed by atoms with Gasteiger partial charge >= 0.3 is 0 Å². The minimum atomic E-state index is -0.307. The van der Waals surface area contributed by atoms with Crippen molar-refractivity contribution in [1.82, 2.24) is 10.5 Å². The Morgan fingerprint density at radius 2 is 2.07 bits per heavy atom. The van der Waals surface area contributed by atoms with Crippen molar-refractivity contribution in [3.05, 3.63) is 53.0 Å². The third-order valence-electron chi connectivity index (χ3n) is 4.09. The number of thiophene rings is 1. The number of carbonyl (C=O) groups is 1. The van der Waals surface area contributed by atoms with Crippen molar-refractivity contribution in [2.45, 2.75) is 13.0 Å². The Morgan fingerprint density at radius 1 is 1.21 bits per heavy atom. The standard InChI is InChI=1S/C20H22N2O5S/c1-13(14-6-7-16(17(11-14)25-3)26-9-8-24-2)21-20(23)15-12-18(27-22-15)19-5-4-10-28-19/h4-7,10-13H,8-9H2,1-3H3,(H,21,23). The molecule has 3 rings (SSSR count). The van der Waals surface area contributed by atoms with E-state index in [1.807, 2.05) is 42.6 Å². The second kappa shape index (κ2) is 9.38. The van der Waals surface area contributed by atoms with E-state index in [-0.39, 0.29) is 17.6 Å². The molecular weight excluding hydrogens is 380 g/mol. The quantitative estimate of drug-likeness (QED) is 0.546. The first-order valence-corrected chi connectivity index (χ1v) is 9.61. The first-order valence-electron chi connectivity index (χ1n) is 8.73. The van der Waals surface area contributed by atoms with Crippen molar-refractivity contribution in [2.24, 2.45) is 0 Å². The summed E-state index contributed by atoms with van der Waals surface area (Å²) in [4.78, 5) is 13.4. The van der Waals surface area contributed by atoms with Gasteiger partial charge in [-0.05, 0) is 36.1 Å². The molecule has 1 amide bonds. The van der Waals surface area contributed by atoms with Crippen LogP contribution in [0.5, 0.6) is 11.5 Å². The van der Waals surface area contributed by atoms with Crippen molar-refractivity contribution < 1.29 is 23.5 Å². The highest BCUT2D eigenvalue weighted by atomic mass is 32.1. The molecule has 0 bridgehead atoms. The monoisotopic (exact) mass is 402 g/mol. The van der Waals surface area contributed by atoms with Gasteiger partial charge in [-0.1, -0.05) is 17.3 Å². The molecule has 0 fully saturated rings. The molecule has 1 unspecified atom stereocenters. The Morgan fingerprint density at radius 3 is 2.79 bits per heavy atom. The third-order valence-corrected chi connectivity index (χ3v) is 4.97. The molecule has 0 aliphatic rings. The maximum Gasteiger partial charge on any atom is 0.273 e. The second-order valence-corrected chi connectivity index (χ2v) is 6.95. The maximum absolute atomic E-state index is 12.5. The number of methoxy groups -OCH3 is 2. The minimum Gasteiger partial charge on any atom is -0.493 e. The van der Waals surface area contributed by atoms with Gasteiger partial charge in [0, 0.05) is 13.2 Å². The zero-order valence-corrected chi connectivity index (χ0v) is 16.7. The molecule has 2 heterocycles. The van der Waals surface area contributed by atoms with Crippen molar-refractivity contribution >= 4 is 17.2 Å². The van der Waals surface area contributed by atoms with E-state index in [1.165, 1.54) is 11.3 Å². The zero-order valence-electron chi connectivity index (χ0n) is 15.9. The zero-order chi connectivity index (χ0) is 19.9. The lowest BCUT2D eigenvalue weighted by atomic mass is 10.1. The van der Waals surface area contributed by atoms with Crippen LogP contribution < -0.4 is 14.8 Å². The molecule has 3 aromatic rings. The molecule has 7 nitrogen and oxygen atoms in total. The number of hydrogen-bond donors (Lipinski definition) is 1. The minimum absolute atomic E-state index is 0.238. The van der Waals surface area contributed by atoms with E-state index in [0.29, 0.717) is 30.5 Å². The molecule has 0 aliphatic heterocycles. The van der Waals surface area contributed by atoms with Gasteiger partial charge in [0.1, 0.15) is 6.61 Å². The predicted molar refractivity (Wildman–Crippen MR) is 106 cm³/mol. The molecule has 148 valence electrons. The Labute approximate surface area is 167 Å². The molecule has 2 aromatic heterocycles. The number of amides is 1. The average Bonchev–Trinajstić information content (AvgIpc) is 3.39. The lowest BCUT2D eigenvalue weighted by Crippen LogP contribution is -2.26. The van der Waals surface area contributed by atoms with Crippen LogP contribution in [-0.2, 0) is 4.74 Å². The first kappa shape index (κ1) is 19.9. The van der Waals surface area contributed by atoms with Crippen LogP contribution in [0.3, 0.4) is 0 Å². The normalized spacial score (nSPS) is 11.8. The van der Waals surface area contributed by atoms with E-state index < -0.39 is 0 Å². The Hall–Kier alpha value is -2.84. The summed E-state index contributed by atoms with van der Waals surface area (Å²) in [7, 11) is 3.19. The summed E-state index contributed by atoms with van der Waals surface area (Å²) in [5, 5.41) is 8.73. The van der Waals surface area contributed by atoms with E-state index in [0.717, 1.165) is 10.4 Å². The SMILES string of the molecule is COCCOc1ccc(C(C)NC(=O)c2cc(-c3cccs3)on2)cc1OC. The second-order valence-electron chi connectivity index (χ2n) is 6.00. The molecule has 28 heavy (non-hydrogen) atoms. The van der Waals surface area contributed by atoms with Crippen molar-refractivity contribution in [3.8, 4) is 22.1 Å². The molecule has 0 radical (unpaired) electrons. The lowest BCUT2D eigenvalue weighted by Gasteiger charge is -2.16. The molecular formula is C20H22N2O5S. The average molecular weight is 402 g/mol. The van der Waals surface area contributed by atoms with E-state index in [4.69, 9.17) is 18.7 Å². The summed E-state index contributed by atoms with van der Waals surface area (Å²) in [6, 6.07) is 10.8. The largest absolute Gasteiger partial charge is 0.493 e. The maximum atomic E-state index is 12.5. The molecule has 0 saturated carbocycles. The van der Waals surface area contributed by atoms with Crippen LogP contribution in [0.25, 0.3) is 10.6 Å². The number of rotatable bonds is 9. The van der Waals surface area contributed by atoms with Crippen molar-refractivity contribution in [2.75, 3.05) is 27.4 Å². The van der Waals surface area contributed by atoms with Gasteiger partial charge in [0.15, 0.2) is 23.0 Å². The van der Waals surface area contributed by atoms with E-state index >= 15 is 0 Å². The Balaban J connectivity index is 1.66. The van der Waals surface area contributed by atoms with Gasteiger partial charge in [0.05, 0.1) is 24.6 Å². The number of hydrogen-bond acceptors (Lipinski definition) is 7. The number of nitrogens with zero attached hydrogens (tertiary/aromatic N) is 1. The van der Waals surface area contributed by atoms with E-state index in [1.54, 1.807) is 20.3 Å². The number of ether oxygens (including phenoxy) is 3. The van der Waals surface area contributed by atoms with Crippen LogP contribution in [-0.4, -0.2) is 38.5 Å². The summed E-state index contributed by atoms with van der Waals surface area (Å²) < 4.78 is 21.3. The van der Waals surface area contributed by atoms with Crippen LogP contribution in [0.4, 0.5) is 0 Å². The summed E-state index contributed by atoms with van der Waals surface area (Å²) >= 11 is 1.53. The predicted octanol–water partition coefficient (Wildman–Crippen LogP) is 3.93. The molecule has 8 heteroatoms. The highest BCUT2D eigenvalue weighted by Crippen LogP contribution is 2.30. The summed E-state index contributed by atoms with van der Waals surface area (Å²) in [5.41, 5.74) is 1.12. The number of aromatic nitrogens is 1. The molecule has 0 spiro atoms. The van der Waals surface area contributed by atoms with Crippen LogP contribution in [0, 0.1) is 0 Å². The van der Waals surface area contributed by atoms with Gasteiger partial charge in [-0.3, -0.25) is 4.79 Å². The topological polar surface area (TPSA) is 82.8 Å². The van der Waals surface area contributed by atoms with Gasteiger partial charge in [0.2, 0.25) is 0 Å². The van der Waals surface area contributed by atoms with E-state index in [9.17, 15) is 4.79 Å². The summed E-state index contributed by atoms with van der Waals surface area (Å²) in [6.07, 6.45) is 0. The molecule has 0 aliphatic carbocycles. The fourth-order valence-electron chi connectivity index (χ4n) is 2.58. The van der Waals surface area contributed by atoms with Crippen molar-refractivity contribution in [3.63, 3.8) is 0 Å². The van der Waals surface area contributed by atoms with Gasteiger partial charge in [0.25, 0.3) is 5.91 Å². The highest BCUT2D eigenvalue weighted by molar-refractivity contribution is 7.13. The fourth-order valence-corrected chi connectivity index (χ4v) is 3.25. The van der Waals surface area contributed by atoms with Crippen LogP contribution >= 0.6 is 11.3 Å². The highest BCUT2D eigenvalue weighted by Gasteiger charge is 2.18. The fraction of sp³-hybridized carbons (Fsp3) is 0.300. The van der Waals surface area contributed by atoms with E-state index in [2.05, 4.69) is 10.5 Å². The van der Waals surface area contributed by atoms with Crippen LogP contribution in [0.2, 0.25) is 0 Å². The molecule has 1 N–H and O–H groups in total. The van der Waals surface area contributed by atoms with Crippen LogP contribution in [0.15, 0.2) is 46.3 Å². The number of benzene rings is 1. The van der Waals surface area contributed by atoms with Gasteiger partial charge in [-0.15, -0.1) is 11.3 Å². The van der Waals surface area contributed by atoms with Crippen molar-refractivity contribution in [1.29, 1.82) is 0 Å². The van der Waals surface area contributed by atoms with Gasteiger partial charge in [-0.25, -0.2) is 0 Å². The molecule has 1 aromatic carbocycles. The number of carbonyl (C=O) groups excluding carboxylic acids is 1. The molecule has 1 atom stereocenters. The van der Waals surface area contributed by atoms with Gasteiger partial charge in [-0.2, -0.15) is 0 Å². The Kier molecular flexibility index (Phi) is 6.67. The lowest BCUT2D eigenvalue weighted by molar-refractivity contribution is 0.0930. The summed E-state index contributed by atoms with van der Waals surface area (Å²) in [6.45, 7) is 2.80. The van der Waals surface area contributed by atoms with Crippen LogP contribution in [0.1, 0.15) is 29.0 Å². The number of nitrogens with one attached hydrogen (secondary N) is 1. The first-order chi connectivity index (χ1) is 13.6. The Bertz CT molecular complexity index is 907. The molecule has 0 saturated heterocycles.